The molecule has 0 aliphatic heterocycles. The molecule has 0 radical (unpaired) electrons. The van der Waals surface area contributed by atoms with Gasteiger partial charge in [-0.2, -0.15) is 0 Å². The number of Topliss-reactive ketones (excluding diaryl/α,β-unsaturated/α-hetero) is 1. The molecule has 0 bridgehead atoms. The van der Waals surface area contributed by atoms with Crippen molar-refractivity contribution in [1.82, 2.24) is 0 Å². The molecule has 2 N–H and O–H groups in total. The molecule has 0 saturated heterocycles. The van der Waals surface area contributed by atoms with E-state index >= 15 is 0 Å². The van der Waals surface area contributed by atoms with Crippen molar-refractivity contribution in [1.29, 1.82) is 0 Å². The number of esters is 1. The molecular weight excluding hydrogens is 338 g/mol. The highest BCUT2D eigenvalue weighted by Crippen LogP contribution is 2.31. The van der Waals surface area contributed by atoms with Gasteiger partial charge in [0.15, 0.2) is 5.78 Å². The van der Waals surface area contributed by atoms with Gasteiger partial charge in [0.1, 0.15) is 0 Å². The molecule has 27 heavy (non-hydrogen) atoms. The summed E-state index contributed by atoms with van der Waals surface area (Å²) >= 11 is 0. The number of nitrogens with two attached hydrogens (primary N) is 1. The van der Waals surface area contributed by atoms with Crippen molar-refractivity contribution < 1.29 is 14.3 Å². The third kappa shape index (κ3) is 6.46. The number of ketones is 1. The Morgan fingerprint density at radius 3 is 2.33 bits per heavy atom. The van der Waals surface area contributed by atoms with E-state index in [2.05, 4.69) is 6.92 Å². The van der Waals surface area contributed by atoms with Crippen molar-refractivity contribution >= 4 is 11.8 Å². The van der Waals surface area contributed by atoms with Crippen molar-refractivity contribution in [3.05, 3.63) is 35.4 Å². The monoisotopic (exact) mass is 373 g/mol. The maximum Gasteiger partial charge on any atom is 0.313 e. The van der Waals surface area contributed by atoms with Crippen LogP contribution < -0.4 is 5.73 Å². The summed E-state index contributed by atoms with van der Waals surface area (Å²) in [7, 11) is 0. The number of benzene rings is 1. The molecule has 2 rings (SSSR count). The molecule has 1 aromatic carbocycles. The molecule has 1 aromatic rings. The van der Waals surface area contributed by atoms with E-state index in [0.29, 0.717) is 12.5 Å². The molecule has 0 aromatic heterocycles. The lowest BCUT2D eigenvalue weighted by molar-refractivity contribution is -0.145. The minimum absolute atomic E-state index is 0.115. The summed E-state index contributed by atoms with van der Waals surface area (Å²) < 4.78 is 5.38. The fourth-order valence-electron chi connectivity index (χ4n) is 3.79. The number of hydrogen-bond donors (Lipinski definition) is 1. The molecule has 1 aliphatic carbocycles. The topological polar surface area (TPSA) is 69.4 Å². The summed E-state index contributed by atoms with van der Waals surface area (Å²) in [5.41, 5.74) is 7.38. The van der Waals surface area contributed by atoms with Crippen molar-refractivity contribution in [3.8, 4) is 0 Å². The van der Waals surface area contributed by atoms with E-state index in [1.165, 1.54) is 12.8 Å². The third-order valence-electron chi connectivity index (χ3n) is 5.84. The number of rotatable bonds is 10. The predicted octanol–water partition coefficient (Wildman–Crippen LogP) is 4.86. The number of carbonyl (C=O) groups excluding carboxylic acids is 2. The Balaban J connectivity index is 1.84. The molecule has 4 heteroatoms. The number of carbonyl (C=O) groups is 2. The second-order valence-corrected chi connectivity index (χ2v) is 7.89. The van der Waals surface area contributed by atoms with Gasteiger partial charge >= 0.3 is 5.97 Å². The van der Waals surface area contributed by atoms with Crippen molar-refractivity contribution in [2.24, 2.45) is 17.6 Å². The number of unbranched alkanes of at least 4 members (excludes halogenated alkanes) is 3. The molecule has 0 spiro atoms. The second kappa shape index (κ2) is 11.2. The summed E-state index contributed by atoms with van der Waals surface area (Å²) in [4.78, 5) is 24.9. The molecule has 1 fully saturated rings. The molecular formula is C23H35NO3. The normalized spacial score (nSPS) is 20.9. The van der Waals surface area contributed by atoms with E-state index in [0.717, 1.165) is 56.2 Å². The van der Waals surface area contributed by atoms with Gasteiger partial charge < -0.3 is 10.5 Å². The molecule has 4 nitrogen and oxygen atoms in total. The van der Waals surface area contributed by atoms with Crippen LogP contribution in [-0.2, 0) is 9.53 Å². The second-order valence-electron chi connectivity index (χ2n) is 7.89. The van der Waals surface area contributed by atoms with Gasteiger partial charge in [0.05, 0.1) is 12.5 Å². The molecule has 0 heterocycles. The molecule has 1 saturated carbocycles. The molecule has 1 aliphatic rings. The lowest BCUT2D eigenvalue weighted by Gasteiger charge is -2.26. The third-order valence-corrected chi connectivity index (χ3v) is 5.84. The Labute approximate surface area is 163 Å². The van der Waals surface area contributed by atoms with Gasteiger partial charge in [0.25, 0.3) is 0 Å². The van der Waals surface area contributed by atoms with E-state index in [4.69, 9.17) is 10.5 Å². The lowest BCUT2D eigenvalue weighted by atomic mass is 9.78. The Bertz CT molecular complexity index is 588. The van der Waals surface area contributed by atoms with E-state index in [-0.39, 0.29) is 23.6 Å². The van der Waals surface area contributed by atoms with Gasteiger partial charge in [-0.1, -0.05) is 50.5 Å². The van der Waals surface area contributed by atoms with Gasteiger partial charge in [0.2, 0.25) is 0 Å². The highest BCUT2D eigenvalue weighted by molar-refractivity contribution is 5.98. The first-order chi connectivity index (χ1) is 13.1. The highest BCUT2D eigenvalue weighted by Gasteiger charge is 2.26. The number of ether oxygens (including phenoxy) is 1. The SMILES string of the molecule is CCCCCCOC(=O)C(C)c1ccc(C(=O)C2CCC(CN)CC2)cc1. The average Bonchev–Trinajstić information content (AvgIpc) is 2.72. The molecule has 1 atom stereocenters. The van der Waals surface area contributed by atoms with Gasteiger partial charge in [0, 0.05) is 11.5 Å². The van der Waals surface area contributed by atoms with Gasteiger partial charge in [-0.25, -0.2) is 0 Å². The standard InChI is InChI=1S/C23H35NO3/c1-3-4-5-6-15-27-23(26)17(2)19-11-13-21(14-12-19)22(25)20-9-7-18(16-24)8-10-20/h11-14,17-18,20H,3-10,15-16,24H2,1-2H3. The van der Waals surface area contributed by atoms with Gasteiger partial charge in [-0.3, -0.25) is 9.59 Å². The fourth-order valence-corrected chi connectivity index (χ4v) is 3.79. The molecule has 0 amide bonds. The molecule has 1 unspecified atom stereocenters. The van der Waals surface area contributed by atoms with E-state index in [1.54, 1.807) is 0 Å². The summed E-state index contributed by atoms with van der Waals surface area (Å²) in [5.74, 6) is 0.420. The average molecular weight is 374 g/mol. The predicted molar refractivity (Wildman–Crippen MR) is 109 cm³/mol. The van der Waals surface area contributed by atoms with Crippen molar-refractivity contribution in [2.75, 3.05) is 13.2 Å². The Hall–Kier alpha value is -1.68. The smallest absolute Gasteiger partial charge is 0.313 e. The fraction of sp³-hybridized carbons (Fsp3) is 0.652. The zero-order chi connectivity index (χ0) is 19.6. The Kier molecular flexibility index (Phi) is 8.99. The largest absolute Gasteiger partial charge is 0.465 e. The minimum atomic E-state index is -0.305. The summed E-state index contributed by atoms with van der Waals surface area (Å²) in [6.07, 6.45) is 8.33. The Morgan fingerprint density at radius 1 is 1.07 bits per heavy atom. The van der Waals surface area contributed by atoms with Crippen LogP contribution in [0.3, 0.4) is 0 Å². The first kappa shape index (κ1) is 21.6. The molecule has 150 valence electrons. The zero-order valence-corrected chi connectivity index (χ0v) is 16.9. The van der Waals surface area contributed by atoms with Crippen LogP contribution in [0.15, 0.2) is 24.3 Å². The number of hydrogen-bond acceptors (Lipinski definition) is 4. The van der Waals surface area contributed by atoms with Crippen LogP contribution in [0.25, 0.3) is 0 Å². The summed E-state index contributed by atoms with van der Waals surface area (Å²) in [5, 5.41) is 0. The van der Waals surface area contributed by atoms with Crippen LogP contribution in [0.1, 0.15) is 87.1 Å². The van der Waals surface area contributed by atoms with Crippen LogP contribution in [0.5, 0.6) is 0 Å². The lowest BCUT2D eigenvalue weighted by Crippen LogP contribution is -2.25. The van der Waals surface area contributed by atoms with E-state index in [1.807, 2.05) is 31.2 Å². The first-order valence-electron chi connectivity index (χ1n) is 10.6. The van der Waals surface area contributed by atoms with Crippen LogP contribution in [0.2, 0.25) is 0 Å². The summed E-state index contributed by atoms with van der Waals surface area (Å²) in [6.45, 7) is 5.24. The van der Waals surface area contributed by atoms with E-state index < -0.39 is 0 Å². The van der Waals surface area contributed by atoms with Gasteiger partial charge in [-0.05, 0) is 57.1 Å². The Morgan fingerprint density at radius 2 is 1.74 bits per heavy atom. The van der Waals surface area contributed by atoms with E-state index in [9.17, 15) is 9.59 Å². The highest BCUT2D eigenvalue weighted by atomic mass is 16.5. The van der Waals surface area contributed by atoms with Crippen LogP contribution >= 0.6 is 0 Å². The quantitative estimate of drug-likeness (QED) is 0.361. The minimum Gasteiger partial charge on any atom is -0.465 e. The maximum atomic E-state index is 12.7. The van der Waals surface area contributed by atoms with Crippen LogP contribution in [0.4, 0.5) is 0 Å². The van der Waals surface area contributed by atoms with Gasteiger partial charge in [-0.15, -0.1) is 0 Å². The first-order valence-corrected chi connectivity index (χ1v) is 10.6. The van der Waals surface area contributed by atoms with Crippen LogP contribution in [-0.4, -0.2) is 24.9 Å². The zero-order valence-electron chi connectivity index (χ0n) is 16.9. The van der Waals surface area contributed by atoms with Crippen LogP contribution in [0, 0.1) is 11.8 Å². The van der Waals surface area contributed by atoms with Crippen molar-refractivity contribution in [2.45, 2.75) is 71.1 Å². The van der Waals surface area contributed by atoms with Crippen molar-refractivity contribution in [3.63, 3.8) is 0 Å². The summed E-state index contributed by atoms with van der Waals surface area (Å²) in [6, 6.07) is 7.50. The maximum absolute atomic E-state index is 12.7.